The zero-order chi connectivity index (χ0) is 24.4. The predicted molar refractivity (Wildman–Crippen MR) is 138 cm³/mol. The summed E-state index contributed by atoms with van der Waals surface area (Å²) in [7, 11) is 0. The summed E-state index contributed by atoms with van der Waals surface area (Å²) in [6.07, 6.45) is 0. The highest BCUT2D eigenvalue weighted by molar-refractivity contribution is 6.30. The molecule has 1 aliphatic rings. The maximum atomic E-state index is 13.2. The van der Waals surface area contributed by atoms with Crippen LogP contribution in [0.2, 0.25) is 5.02 Å². The Balaban J connectivity index is 1.59. The Morgan fingerprint density at radius 2 is 1.54 bits per heavy atom. The molecule has 1 fully saturated rings. The van der Waals surface area contributed by atoms with Crippen LogP contribution in [0.4, 0.5) is 5.69 Å². The Morgan fingerprint density at radius 1 is 0.886 bits per heavy atom. The summed E-state index contributed by atoms with van der Waals surface area (Å²) >= 11 is 6.20. The average molecular weight is 488 g/mol. The number of hydrogen-bond donors (Lipinski definition) is 1. The monoisotopic (exact) mass is 487 g/mol. The number of nitrogens with one attached hydrogen (secondary N) is 1. The van der Waals surface area contributed by atoms with Crippen molar-refractivity contribution in [1.29, 1.82) is 0 Å². The maximum Gasteiger partial charge on any atom is 0.255 e. The van der Waals surface area contributed by atoms with E-state index in [1.165, 1.54) is 0 Å². The number of anilines is 1. The molecule has 1 atom stereocenters. The molecule has 1 aromatic heterocycles. The lowest BCUT2D eigenvalue weighted by molar-refractivity contribution is -0.130. The highest BCUT2D eigenvalue weighted by Gasteiger charge is 2.33. The number of carbonyl (C=O) groups is 2. The molecule has 4 aromatic rings. The van der Waals surface area contributed by atoms with E-state index in [-0.39, 0.29) is 17.9 Å². The summed E-state index contributed by atoms with van der Waals surface area (Å²) in [5.41, 5.74) is 2.93. The summed E-state index contributed by atoms with van der Waals surface area (Å²) < 4.78 is 6.44. The molecule has 6 nitrogen and oxygen atoms in total. The van der Waals surface area contributed by atoms with E-state index >= 15 is 0 Å². The minimum absolute atomic E-state index is 0.0762. The first kappa shape index (κ1) is 23.1. The van der Waals surface area contributed by atoms with Crippen molar-refractivity contribution >= 4 is 40.1 Å². The van der Waals surface area contributed by atoms with Gasteiger partial charge in [0.15, 0.2) is 0 Å². The van der Waals surface area contributed by atoms with E-state index in [0.717, 1.165) is 10.9 Å². The molecule has 0 aliphatic carbocycles. The third kappa shape index (κ3) is 4.81. The van der Waals surface area contributed by atoms with E-state index in [1.807, 2.05) is 71.6 Å². The second-order valence-electron chi connectivity index (χ2n) is 8.65. The van der Waals surface area contributed by atoms with Crippen molar-refractivity contribution in [1.82, 2.24) is 9.80 Å². The van der Waals surface area contributed by atoms with Crippen molar-refractivity contribution in [2.75, 3.05) is 31.5 Å². The molecular formula is C28H26ClN3O3. The molecule has 1 aliphatic heterocycles. The van der Waals surface area contributed by atoms with Crippen LogP contribution in [0.5, 0.6) is 0 Å². The van der Waals surface area contributed by atoms with Crippen LogP contribution in [-0.2, 0) is 4.79 Å². The van der Waals surface area contributed by atoms with Crippen molar-refractivity contribution in [3.05, 3.63) is 101 Å². The molecule has 178 valence electrons. The number of para-hydroxylation sites is 1. The van der Waals surface area contributed by atoms with Gasteiger partial charge in [0, 0.05) is 49.1 Å². The molecule has 1 saturated heterocycles. The van der Waals surface area contributed by atoms with E-state index in [4.69, 9.17) is 16.0 Å². The SMILES string of the molecule is CC(=O)N1CCN([C@@H](c2ccc(Cl)cc2)c2oc3ccccc3c2NC(=O)c2ccccc2)CC1. The fraction of sp³-hybridized carbons (Fsp3) is 0.214. The van der Waals surface area contributed by atoms with Crippen LogP contribution >= 0.6 is 11.6 Å². The van der Waals surface area contributed by atoms with E-state index in [2.05, 4.69) is 10.2 Å². The first-order valence-corrected chi connectivity index (χ1v) is 12.0. The van der Waals surface area contributed by atoms with Gasteiger partial charge in [-0.2, -0.15) is 0 Å². The van der Waals surface area contributed by atoms with Crippen LogP contribution in [0.15, 0.2) is 83.3 Å². The number of nitrogens with zero attached hydrogens (tertiary/aromatic N) is 2. The van der Waals surface area contributed by atoms with Gasteiger partial charge in [-0.05, 0) is 42.0 Å². The number of hydrogen-bond acceptors (Lipinski definition) is 4. The lowest BCUT2D eigenvalue weighted by Crippen LogP contribution is -2.49. The van der Waals surface area contributed by atoms with Gasteiger partial charge in [-0.25, -0.2) is 0 Å². The molecule has 2 heterocycles. The lowest BCUT2D eigenvalue weighted by Gasteiger charge is -2.38. The van der Waals surface area contributed by atoms with Crippen LogP contribution in [-0.4, -0.2) is 47.8 Å². The largest absolute Gasteiger partial charge is 0.457 e. The zero-order valence-corrected chi connectivity index (χ0v) is 20.2. The summed E-state index contributed by atoms with van der Waals surface area (Å²) in [6, 6.07) is 24.3. The molecule has 0 unspecified atom stereocenters. The van der Waals surface area contributed by atoms with E-state index in [9.17, 15) is 9.59 Å². The van der Waals surface area contributed by atoms with E-state index in [0.29, 0.717) is 53.8 Å². The van der Waals surface area contributed by atoms with E-state index in [1.54, 1.807) is 19.1 Å². The fourth-order valence-corrected chi connectivity index (χ4v) is 4.76. The van der Waals surface area contributed by atoms with Crippen LogP contribution in [0.1, 0.15) is 34.6 Å². The zero-order valence-electron chi connectivity index (χ0n) is 19.4. The van der Waals surface area contributed by atoms with Crippen molar-refractivity contribution in [3.63, 3.8) is 0 Å². The van der Waals surface area contributed by atoms with Crippen molar-refractivity contribution in [2.24, 2.45) is 0 Å². The molecule has 0 bridgehead atoms. The van der Waals surface area contributed by atoms with Gasteiger partial charge in [0.2, 0.25) is 5.91 Å². The van der Waals surface area contributed by atoms with Crippen LogP contribution < -0.4 is 5.32 Å². The summed E-state index contributed by atoms with van der Waals surface area (Å²) in [5, 5.41) is 4.62. The molecule has 0 spiro atoms. The van der Waals surface area contributed by atoms with Gasteiger partial charge in [0.1, 0.15) is 11.3 Å². The number of piperazine rings is 1. The second-order valence-corrected chi connectivity index (χ2v) is 9.09. The molecule has 35 heavy (non-hydrogen) atoms. The van der Waals surface area contributed by atoms with Crippen LogP contribution in [0.3, 0.4) is 0 Å². The number of furan rings is 1. The van der Waals surface area contributed by atoms with Gasteiger partial charge < -0.3 is 14.6 Å². The van der Waals surface area contributed by atoms with Gasteiger partial charge >= 0.3 is 0 Å². The number of rotatable bonds is 5. The quantitative estimate of drug-likeness (QED) is 0.398. The summed E-state index contributed by atoms with van der Waals surface area (Å²) in [6.45, 7) is 4.21. The molecule has 7 heteroatoms. The second kappa shape index (κ2) is 9.94. The van der Waals surface area contributed by atoms with Gasteiger partial charge in [0.05, 0.1) is 11.7 Å². The first-order chi connectivity index (χ1) is 17.0. The molecule has 1 N–H and O–H groups in total. The van der Waals surface area contributed by atoms with Gasteiger partial charge in [-0.15, -0.1) is 0 Å². The first-order valence-electron chi connectivity index (χ1n) is 11.6. The standard InChI is InChI=1S/C28H26ClN3O3/c1-19(33)31-15-17-32(18-16-31)26(20-11-13-22(29)14-12-20)27-25(23-9-5-6-10-24(23)35-27)30-28(34)21-7-3-2-4-8-21/h2-14,26H,15-18H2,1H3,(H,30,34)/t26-/m0/s1. The third-order valence-electron chi connectivity index (χ3n) is 6.46. The van der Waals surface area contributed by atoms with Crippen LogP contribution in [0.25, 0.3) is 11.0 Å². The number of fused-ring (bicyclic) bond motifs is 1. The van der Waals surface area contributed by atoms with Gasteiger partial charge in [-0.1, -0.05) is 54.1 Å². The molecule has 0 radical (unpaired) electrons. The maximum absolute atomic E-state index is 13.2. The Labute approximate surface area is 209 Å². The molecule has 3 aromatic carbocycles. The molecular weight excluding hydrogens is 462 g/mol. The van der Waals surface area contributed by atoms with Crippen molar-refractivity contribution in [3.8, 4) is 0 Å². The lowest BCUT2D eigenvalue weighted by atomic mass is 9.99. The average Bonchev–Trinajstić information content (AvgIpc) is 3.24. The highest BCUT2D eigenvalue weighted by Crippen LogP contribution is 2.41. The van der Waals surface area contributed by atoms with E-state index < -0.39 is 0 Å². The predicted octanol–water partition coefficient (Wildman–Crippen LogP) is 5.59. The van der Waals surface area contributed by atoms with Gasteiger partial charge in [0.25, 0.3) is 5.91 Å². The number of amides is 2. The van der Waals surface area contributed by atoms with Crippen molar-refractivity contribution in [2.45, 2.75) is 13.0 Å². The summed E-state index contributed by atoms with van der Waals surface area (Å²) in [4.78, 5) is 29.2. The van der Waals surface area contributed by atoms with Crippen molar-refractivity contribution < 1.29 is 14.0 Å². The smallest absolute Gasteiger partial charge is 0.255 e. The Bertz CT molecular complexity index is 1340. The number of benzene rings is 3. The normalized spacial score (nSPS) is 15.2. The number of halogens is 1. The summed E-state index contributed by atoms with van der Waals surface area (Å²) in [5.74, 6) is 0.538. The topological polar surface area (TPSA) is 65.8 Å². The highest BCUT2D eigenvalue weighted by atomic mass is 35.5. The Kier molecular flexibility index (Phi) is 6.57. The molecule has 5 rings (SSSR count). The minimum Gasteiger partial charge on any atom is -0.457 e. The Hall–Kier alpha value is -3.61. The molecule has 0 saturated carbocycles. The molecule has 2 amide bonds. The third-order valence-corrected chi connectivity index (χ3v) is 6.71. The number of carbonyl (C=O) groups excluding carboxylic acids is 2. The van der Waals surface area contributed by atoms with Crippen LogP contribution in [0, 0.1) is 0 Å². The Morgan fingerprint density at radius 3 is 2.23 bits per heavy atom. The fourth-order valence-electron chi connectivity index (χ4n) is 4.63. The van der Waals surface area contributed by atoms with Gasteiger partial charge in [-0.3, -0.25) is 14.5 Å². The minimum atomic E-state index is -0.264.